The van der Waals surface area contributed by atoms with E-state index in [1.807, 2.05) is 20.8 Å². The monoisotopic (exact) mass is 175 g/mol. The summed E-state index contributed by atoms with van der Waals surface area (Å²) in [5.74, 6) is 1.17. The smallest absolute Gasteiger partial charge is 0.149 e. The highest BCUT2D eigenvalue weighted by Gasteiger charge is 2.07. The van der Waals surface area contributed by atoms with Gasteiger partial charge in [0.15, 0.2) is 0 Å². The highest BCUT2D eigenvalue weighted by molar-refractivity contribution is 7.80. The van der Waals surface area contributed by atoms with Crippen LogP contribution in [-0.2, 0) is 4.79 Å². The van der Waals surface area contributed by atoms with Crippen molar-refractivity contribution in [1.82, 2.24) is 5.32 Å². The lowest BCUT2D eigenvalue weighted by molar-refractivity contribution is -0.121. The Labute approximate surface area is 74.2 Å². The summed E-state index contributed by atoms with van der Waals surface area (Å²) in [5.41, 5.74) is 0. The molecular weight excluding hydrogens is 158 g/mol. The summed E-state index contributed by atoms with van der Waals surface area (Å²) in [6.07, 6.45) is 0. The molecule has 0 aromatic carbocycles. The Morgan fingerprint density at radius 2 is 2.00 bits per heavy atom. The Kier molecular flexibility index (Phi) is 5.60. The maximum Gasteiger partial charge on any atom is 0.149 e. The van der Waals surface area contributed by atoms with Gasteiger partial charge in [0.05, 0.1) is 6.54 Å². The standard InChI is InChI=1S/C8H17NOS/c1-6(2)8(10)4-9-7(3)5-11/h6-7,9,11H,4-5H2,1-3H3. The average Bonchev–Trinajstić information content (AvgIpc) is 1.99. The van der Waals surface area contributed by atoms with E-state index in [4.69, 9.17) is 0 Å². The van der Waals surface area contributed by atoms with Gasteiger partial charge in [-0.25, -0.2) is 0 Å². The Hall–Kier alpha value is -0.0200. The van der Waals surface area contributed by atoms with Gasteiger partial charge in [-0.15, -0.1) is 0 Å². The van der Waals surface area contributed by atoms with E-state index in [-0.39, 0.29) is 11.7 Å². The van der Waals surface area contributed by atoms with Crippen LogP contribution in [0, 0.1) is 5.92 Å². The van der Waals surface area contributed by atoms with E-state index in [9.17, 15) is 4.79 Å². The molecule has 1 atom stereocenters. The minimum atomic E-state index is 0.134. The summed E-state index contributed by atoms with van der Waals surface area (Å²) in [7, 11) is 0. The van der Waals surface area contributed by atoms with Crippen molar-refractivity contribution < 1.29 is 4.79 Å². The maximum atomic E-state index is 11.1. The summed E-state index contributed by atoms with van der Waals surface area (Å²) in [4.78, 5) is 11.1. The third-order valence-corrected chi connectivity index (χ3v) is 2.09. The zero-order chi connectivity index (χ0) is 8.85. The largest absolute Gasteiger partial charge is 0.307 e. The van der Waals surface area contributed by atoms with Crippen LogP contribution in [0.2, 0.25) is 0 Å². The van der Waals surface area contributed by atoms with Crippen molar-refractivity contribution in [2.24, 2.45) is 5.92 Å². The van der Waals surface area contributed by atoms with Crippen LogP contribution in [0.25, 0.3) is 0 Å². The molecule has 3 heteroatoms. The third-order valence-electron chi connectivity index (χ3n) is 1.54. The van der Waals surface area contributed by atoms with Gasteiger partial charge in [-0.1, -0.05) is 13.8 Å². The van der Waals surface area contributed by atoms with Crippen LogP contribution in [0.15, 0.2) is 0 Å². The summed E-state index contributed by atoms with van der Waals surface area (Å²) < 4.78 is 0. The van der Waals surface area contributed by atoms with Crippen LogP contribution in [0.3, 0.4) is 0 Å². The van der Waals surface area contributed by atoms with Crippen LogP contribution >= 0.6 is 12.6 Å². The minimum absolute atomic E-state index is 0.134. The molecule has 2 nitrogen and oxygen atoms in total. The number of Topliss-reactive ketones (excluding diaryl/α,β-unsaturated/α-hetero) is 1. The highest BCUT2D eigenvalue weighted by atomic mass is 32.1. The Balaban J connectivity index is 3.46. The molecule has 0 aliphatic heterocycles. The number of ketones is 1. The normalized spacial score (nSPS) is 13.5. The Morgan fingerprint density at radius 1 is 1.45 bits per heavy atom. The van der Waals surface area contributed by atoms with E-state index in [1.54, 1.807) is 0 Å². The zero-order valence-corrected chi connectivity index (χ0v) is 8.32. The second-order valence-corrected chi connectivity index (χ2v) is 3.45. The predicted octanol–water partition coefficient (Wildman–Crippen LogP) is 1.12. The molecule has 11 heavy (non-hydrogen) atoms. The van der Waals surface area contributed by atoms with Gasteiger partial charge >= 0.3 is 0 Å². The van der Waals surface area contributed by atoms with Gasteiger partial charge in [-0.3, -0.25) is 4.79 Å². The van der Waals surface area contributed by atoms with Crippen molar-refractivity contribution in [3.05, 3.63) is 0 Å². The number of thiol groups is 1. The van der Waals surface area contributed by atoms with Crippen molar-refractivity contribution in [3.63, 3.8) is 0 Å². The summed E-state index contributed by atoms with van der Waals surface area (Å²) in [6, 6.07) is 0.320. The molecule has 0 aliphatic carbocycles. The molecule has 0 rings (SSSR count). The first-order valence-electron chi connectivity index (χ1n) is 3.95. The van der Waals surface area contributed by atoms with Crippen LogP contribution in [0.4, 0.5) is 0 Å². The summed E-state index contributed by atoms with van der Waals surface area (Å²) >= 11 is 4.10. The second-order valence-electron chi connectivity index (χ2n) is 3.09. The van der Waals surface area contributed by atoms with E-state index in [0.717, 1.165) is 5.75 Å². The summed E-state index contributed by atoms with van der Waals surface area (Å²) in [6.45, 7) is 6.31. The van der Waals surface area contributed by atoms with E-state index in [1.165, 1.54) is 0 Å². The first-order valence-corrected chi connectivity index (χ1v) is 4.58. The third kappa shape index (κ3) is 5.27. The van der Waals surface area contributed by atoms with Gasteiger partial charge < -0.3 is 5.32 Å². The van der Waals surface area contributed by atoms with Crippen molar-refractivity contribution in [2.75, 3.05) is 12.3 Å². The second kappa shape index (κ2) is 5.61. The molecule has 1 unspecified atom stereocenters. The molecule has 0 aromatic heterocycles. The number of rotatable bonds is 5. The lowest BCUT2D eigenvalue weighted by atomic mass is 10.1. The van der Waals surface area contributed by atoms with Crippen LogP contribution in [0.1, 0.15) is 20.8 Å². The minimum Gasteiger partial charge on any atom is -0.307 e. The van der Waals surface area contributed by atoms with Crippen LogP contribution in [-0.4, -0.2) is 24.1 Å². The highest BCUT2D eigenvalue weighted by Crippen LogP contribution is 1.93. The van der Waals surface area contributed by atoms with Gasteiger partial charge in [0.2, 0.25) is 0 Å². The summed E-state index contributed by atoms with van der Waals surface area (Å²) in [5, 5.41) is 3.09. The molecule has 1 N–H and O–H groups in total. The topological polar surface area (TPSA) is 29.1 Å². The SMILES string of the molecule is CC(CS)NCC(=O)C(C)C. The molecular formula is C8H17NOS. The van der Waals surface area contributed by atoms with Gasteiger partial charge in [-0.2, -0.15) is 12.6 Å². The van der Waals surface area contributed by atoms with E-state index < -0.39 is 0 Å². The lowest BCUT2D eigenvalue weighted by Gasteiger charge is -2.10. The fraction of sp³-hybridized carbons (Fsp3) is 0.875. The number of carbonyl (C=O) groups excluding carboxylic acids is 1. The van der Waals surface area contributed by atoms with E-state index >= 15 is 0 Å². The molecule has 0 aliphatic rings. The Morgan fingerprint density at radius 3 is 2.36 bits per heavy atom. The van der Waals surface area contributed by atoms with E-state index in [0.29, 0.717) is 12.6 Å². The first-order chi connectivity index (χ1) is 5.07. The van der Waals surface area contributed by atoms with Crippen molar-refractivity contribution in [3.8, 4) is 0 Å². The van der Waals surface area contributed by atoms with Crippen molar-refractivity contribution >= 4 is 18.4 Å². The zero-order valence-electron chi connectivity index (χ0n) is 7.42. The molecule has 0 amide bonds. The predicted molar refractivity (Wildman–Crippen MR) is 51.2 cm³/mol. The number of carbonyl (C=O) groups is 1. The maximum absolute atomic E-state index is 11.1. The Bertz CT molecular complexity index is 125. The quantitative estimate of drug-likeness (QED) is 0.613. The van der Waals surface area contributed by atoms with Gasteiger partial charge in [0.25, 0.3) is 0 Å². The molecule has 0 fully saturated rings. The molecule has 0 heterocycles. The van der Waals surface area contributed by atoms with Crippen LogP contribution < -0.4 is 5.32 Å². The molecule has 0 spiro atoms. The fourth-order valence-electron chi connectivity index (χ4n) is 0.543. The molecule has 0 saturated heterocycles. The average molecular weight is 175 g/mol. The van der Waals surface area contributed by atoms with Crippen LogP contribution in [0.5, 0.6) is 0 Å². The van der Waals surface area contributed by atoms with Gasteiger partial charge in [-0.05, 0) is 6.92 Å². The molecule has 0 saturated carbocycles. The van der Waals surface area contributed by atoms with Crippen molar-refractivity contribution in [2.45, 2.75) is 26.8 Å². The number of nitrogens with one attached hydrogen (secondary N) is 1. The number of hydrogen-bond donors (Lipinski definition) is 2. The van der Waals surface area contributed by atoms with Gasteiger partial charge in [0.1, 0.15) is 5.78 Å². The van der Waals surface area contributed by atoms with E-state index in [2.05, 4.69) is 17.9 Å². The molecule has 66 valence electrons. The number of hydrogen-bond acceptors (Lipinski definition) is 3. The first kappa shape index (κ1) is 11.0. The molecule has 0 bridgehead atoms. The van der Waals surface area contributed by atoms with Gasteiger partial charge in [0, 0.05) is 17.7 Å². The fourth-order valence-corrected chi connectivity index (χ4v) is 0.673. The molecule has 0 aromatic rings. The lowest BCUT2D eigenvalue weighted by Crippen LogP contribution is -2.34. The van der Waals surface area contributed by atoms with Crippen molar-refractivity contribution in [1.29, 1.82) is 0 Å². The molecule has 0 radical (unpaired) electrons.